The molecule has 0 saturated carbocycles. The summed E-state index contributed by atoms with van der Waals surface area (Å²) < 4.78 is 8.34. The van der Waals surface area contributed by atoms with Crippen LogP contribution < -0.4 is 5.32 Å². The zero-order valence-electron chi connectivity index (χ0n) is 15.6. The van der Waals surface area contributed by atoms with Crippen molar-refractivity contribution in [2.45, 2.75) is 51.6 Å². The third-order valence-electron chi connectivity index (χ3n) is 4.82. The molecule has 2 aromatic rings. The monoisotopic (exact) mass is 499 g/mol. The lowest BCUT2D eigenvalue weighted by Crippen LogP contribution is -2.36. The number of methoxy groups -OCH3 is 1. The molecule has 1 aromatic heterocycles. The van der Waals surface area contributed by atoms with Gasteiger partial charge in [-0.05, 0) is 62.4 Å². The minimum atomic E-state index is -0.374. The number of fused-ring (bicyclic) bond motifs is 1. The number of aromatic hydroxyl groups is 1. The minimum Gasteiger partial charge on any atom is -0.506 e. The van der Waals surface area contributed by atoms with Gasteiger partial charge in [0.1, 0.15) is 23.4 Å². The molecule has 0 fully saturated rings. The lowest BCUT2D eigenvalue weighted by Gasteiger charge is -2.28. The number of carbonyl (C=O) groups is 1. The van der Waals surface area contributed by atoms with Crippen LogP contribution in [0.5, 0.6) is 5.75 Å². The topological polar surface area (TPSA) is 76.4 Å². The van der Waals surface area contributed by atoms with Crippen LogP contribution in [0.1, 0.15) is 49.7 Å². The number of anilines is 1. The van der Waals surface area contributed by atoms with Crippen LogP contribution in [-0.4, -0.2) is 33.8 Å². The van der Waals surface area contributed by atoms with Crippen LogP contribution >= 0.6 is 31.9 Å². The third-order valence-corrected chi connectivity index (χ3v) is 6.03. The number of halogens is 2. The van der Waals surface area contributed by atoms with Crippen LogP contribution in [-0.2, 0) is 22.5 Å². The Morgan fingerprint density at radius 1 is 1.41 bits per heavy atom. The van der Waals surface area contributed by atoms with E-state index in [0.717, 1.165) is 35.7 Å². The molecule has 2 atom stereocenters. The molecule has 1 aliphatic rings. The molecular weight excluding hydrogens is 478 g/mol. The lowest BCUT2D eigenvalue weighted by atomic mass is 9.94. The third kappa shape index (κ3) is 4.01. The maximum atomic E-state index is 12.1. The van der Waals surface area contributed by atoms with Crippen LogP contribution in [0.2, 0.25) is 0 Å². The first-order valence-corrected chi connectivity index (χ1v) is 10.5. The van der Waals surface area contributed by atoms with E-state index in [1.807, 2.05) is 12.1 Å². The molecule has 8 heteroatoms. The second-order valence-corrected chi connectivity index (χ2v) is 8.57. The molecule has 0 saturated heterocycles. The molecule has 0 aliphatic carbocycles. The number of ether oxygens (including phenoxy) is 1. The van der Waals surface area contributed by atoms with Crippen molar-refractivity contribution in [2.75, 3.05) is 12.4 Å². The van der Waals surface area contributed by atoms with Crippen LogP contribution in [0.4, 0.5) is 5.82 Å². The first kappa shape index (κ1) is 20.2. The van der Waals surface area contributed by atoms with Crippen molar-refractivity contribution >= 4 is 43.6 Å². The van der Waals surface area contributed by atoms with E-state index >= 15 is 0 Å². The van der Waals surface area contributed by atoms with Crippen molar-refractivity contribution in [1.29, 1.82) is 0 Å². The molecular formula is C19H23Br2N3O3. The standard InChI is InChI=1S/C19H23Br2N3O3/c1-4-5-15-23-16-10(2)6-14(19(26)27-3)22-18(16)24(15)9-11-7-12(20)17(25)13(21)8-11/h7-8,10,14,22,25H,4-6,9H2,1-3H3. The van der Waals surface area contributed by atoms with Gasteiger partial charge in [0.15, 0.2) is 0 Å². The summed E-state index contributed by atoms with van der Waals surface area (Å²) >= 11 is 6.78. The summed E-state index contributed by atoms with van der Waals surface area (Å²) in [6, 6.07) is 3.42. The van der Waals surface area contributed by atoms with Gasteiger partial charge in [0.25, 0.3) is 0 Å². The number of esters is 1. The zero-order chi connectivity index (χ0) is 19.7. The number of imidazole rings is 1. The molecule has 2 unspecified atom stereocenters. The highest BCUT2D eigenvalue weighted by Crippen LogP contribution is 2.37. The molecule has 0 bridgehead atoms. The maximum absolute atomic E-state index is 12.1. The second kappa shape index (κ2) is 8.22. The summed E-state index contributed by atoms with van der Waals surface area (Å²) in [5.74, 6) is 1.96. The van der Waals surface area contributed by atoms with E-state index in [1.165, 1.54) is 7.11 Å². The van der Waals surface area contributed by atoms with Gasteiger partial charge in [-0.25, -0.2) is 9.78 Å². The zero-order valence-corrected chi connectivity index (χ0v) is 18.7. The Morgan fingerprint density at radius 2 is 2.07 bits per heavy atom. The average Bonchev–Trinajstić information content (AvgIpc) is 2.97. The van der Waals surface area contributed by atoms with E-state index in [4.69, 9.17) is 9.72 Å². The van der Waals surface area contributed by atoms with Gasteiger partial charge in [0, 0.05) is 12.3 Å². The van der Waals surface area contributed by atoms with Crippen LogP contribution in [0.25, 0.3) is 0 Å². The van der Waals surface area contributed by atoms with E-state index < -0.39 is 0 Å². The Balaban J connectivity index is 2.03. The minimum absolute atomic E-state index is 0.167. The number of rotatable bonds is 5. The highest BCUT2D eigenvalue weighted by molar-refractivity contribution is 9.11. The van der Waals surface area contributed by atoms with Crippen molar-refractivity contribution < 1.29 is 14.6 Å². The van der Waals surface area contributed by atoms with E-state index in [9.17, 15) is 9.90 Å². The van der Waals surface area contributed by atoms with Crippen molar-refractivity contribution in [2.24, 2.45) is 0 Å². The Morgan fingerprint density at radius 3 is 2.67 bits per heavy atom. The van der Waals surface area contributed by atoms with Crippen LogP contribution in [0.15, 0.2) is 21.1 Å². The smallest absolute Gasteiger partial charge is 0.328 e. The van der Waals surface area contributed by atoms with Crippen molar-refractivity contribution in [3.05, 3.63) is 38.2 Å². The van der Waals surface area contributed by atoms with Crippen LogP contribution in [0, 0.1) is 0 Å². The number of aromatic nitrogens is 2. The molecule has 0 radical (unpaired) electrons. The molecule has 2 N–H and O–H groups in total. The summed E-state index contributed by atoms with van der Waals surface area (Å²) in [5.41, 5.74) is 2.01. The van der Waals surface area contributed by atoms with E-state index in [1.54, 1.807) is 0 Å². The molecule has 6 nitrogen and oxygen atoms in total. The van der Waals surface area contributed by atoms with Gasteiger partial charge in [-0.3, -0.25) is 0 Å². The number of phenols is 1. The maximum Gasteiger partial charge on any atom is 0.328 e. The summed E-state index contributed by atoms with van der Waals surface area (Å²) in [6.45, 7) is 4.80. The van der Waals surface area contributed by atoms with Gasteiger partial charge in [-0.15, -0.1) is 0 Å². The summed E-state index contributed by atoms with van der Waals surface area (Å²) in [7, 11) is 1.41. The highest BCUT2D eigenvalue weighted by atomic mass is 79.9. The fraction of sp³-hybridized carbons (Fsp3) is 0.474. The Hall–Kier alpha value is -1.54. The fourth-order valence-corrected chi connectivity index (χ4v) is 4.76. The summed E-state index contributed by atoms with van der Waals surface area (Å²) in [6.07, 6.45) is 2.50. The number of nitrogens with one attached hydrogen (secondary N) is 1. The predicted octanol–water partition coefficient (Wildman–Crippen LogP) is 4.58. The van der Waals surface area contributed by atoms with Crippen molar-refractivity contribution in [3.63, 3.8) is 0 Å². The van der Waals surface area contributed by atoms with Crippen LogP contribution in [0.3, 0.4) is 0 Å². The summed E-state index contributed by atoms with van der Waals surface area (Å²) in [5, 5.41) is 13.3. The number of hydrogen-bond acceptors (Lipinski definition) is 5. The first-order chi connectivity index (χ1) is 12.8. The fourth-order valence-electron chi connectivity index (χ4n) is 3.48. The van der Waals surface area contributed by atoms with E-state index in [-0.39, 0.29) is 23.7 Å². The van der Waals surface area contributed by atoms with Gasteiger partial charge < -0.3 is 19.7 Å². The van der Waals surface area contributed by atoms with E-state index in [2.05, 4.69) is 55.6 Å². The molecule has 0 amide bonds. The highest BCUT2D eigenvalue weighted by Gasteiger charge is 2.33. The number of aryl methyl sites for hydroxylation is 1. The van der Waals surface area contributed by atoms with Gasteiger partial charge in [0.05, 0.1) is 28.3 Å². The average molecular weight is 501 g/mol. The molecule has 3 rings (SSSR count). The van der Waals surface area contributed by atoms with Gasteiger partial charge >= 0.3 is 5.97 Å². The van der Waals surface area contributed by atoms with Gasteiger partial charge in [0.2, 0.25) is 0 Å². The number of carbonyl (C=O) groups excluding carboxylic acids is 1. The first-order valence-electron chi connectivity index (χ1n) is 8.96. The molecule has 27 heavy (non-hydrogen) atoms. The quantitative estimate of drug-likeness (QED) is 0.588. The Kier molecular flexibility index (Phi) is 6.15. The molecule has 0 spiro atoms. The molecule has 1 aromatic carbocycles. The Bertz CT molecular complexity index is 843. The van der Waals surface area contributed by atoms with Crippen molar-refractivity contribution in [1.82, 2.24) is 9.55 Å². The largest absolute Gasteiger partial charge is 0.506 e. The summed E-state index contributed by atoms with van der Waals surface area (Å²) in [4.78, 5) is 17.0. The second-order valence-electron chi connectivity index (χ2n) is 6.86. The van der Waals surface area contributed by atoms with E-state index in [0.29, 0.717) is 21.9 Å². The molecule has 1 aliphatic heterocycles. The number of hydrogen-bond donors (Lipinski definition) is 2. The number of benzene rings is 1. The predicted molar refractivity (Wildman–Crippen MR) is 111 cm³/mol. The van der Waals surface area contributed by atoms with Gasteiger partial charge in [-0.2, -0.15) is 0 Å². The molecule has 2 heterocycles. The van der Waals surface area contributed by atoms with Gasteiger partial charge in [-0.1, -0.05) is 13.8 Å². The van der Waals surface area contributed by atoms with Crippen molar-refractivity contribution in [3.8, 4) is 5.75 Å². The number of phenolic OH excluding ortho intramolecular Hbond substituents is 1. The Labute approximate surface area is 175 Å². The number of nitrogens with zero attached hydrogens (tertiary/aromatic N) is 2. The lowest BCUT2D eigenvalue weighted by molar-refractivity contribution is -0.141. The normalized spacial score (nSPS) is 18.7. The SMILES string of the molecule is CCCc1nc2c(n1Cc1cc(Br)c(O)c(Br)c1)NC(C(=O)OC)CC2C. The molecule has 146 valence electrons.